The van der Waals surface area contributed by atoms with Gasteiger partial charge in [0.15, 0.2) is 0 Å². The van der Waals surface area contributed by atoms with Crippen LogP contribution in [0.1, 0.15) is 64.0 Å². The van der Waals surface area contributed by atoms with Crippen molar-refractivity contribution in [1.29, 1.82) is 0 Å². The second kappa shape index (κ2) is 11.5. The number of carbonyl (C=O) groups excluding carboxylic acids is 1. The number of rotatable bonds is 11. The molecule has 2 aromatic carbocycles. The molecule has 1 atom stereocenters. The van der Waals surface area contributed by atoms with Crippen molar-refractivity contribution in [2.45, 2.75) is 59.0 Å². The van der Waals surface area contributed by atoms with Gasteiger partial charge in [0.25, 0.3) is 0 Å². The average Bonchev–Trinajstić information content (AvgIpc) is 2.73. The topological polar surface area (TPSA) is 38.8 Å². The van der Waals surface area contributed by atoms with Crippen LogP contribution >= 0.6 is 0 Å². The van der Waals surface area contributed by atoms with Gasteiger partial charge in [-0.1, -0.05) is 44.2 Å². The Labute approximate surface area is 175 Å². The first-order valence-corrected chi connectivity index (χ1v) is 10.7. The van der Waals surface area contributed by atoms with Crippen molar-refractivity contribution in [3.05, 3.63) is 59.7 Å². The van der Waals surface area contributed by atoms with Gasteiger partial charge in [0.1, 0.15) is 11.5 Å². The van der Waals surface area contributed by atoms with E-state index in [9.17, 15) is 4.79 Å². The van der Waals surface area contributed by atoms with E-state index in [1.54, 1.807) is 7.11 Å². The molecule has 0 heterocycles. The van der Waals surface area contributed by atoms with Crippen molar-refractivity contribution in [2.75, 3.05) is 20.2 Å². The third kappa shape index (κ3) is 6.52. The fraction of sp³-hybridized carbons (Fsp3) is 0.480. The van der Waals surface area contributed by atoms with Gasteiger partial charge in [-0.25, -0.2) is 0 Å². The Morgan fingerprint density at radius 1 is 1.00 bits per heavy atom. The van der Waals surface area contributed by atoms with E-state index < -0.39 is 0 Å². The zero-order valence-corrected chi connectivity index (χ0v) is 18.5. The van der Waals surface area contributed by atoms with Gasteiger partial charge < -0.3 is 14.4 Å². The summed E-state index contributed by atoms with van der Waals surface area (Å²) in [5, 5.41) is 0. The van der Waals surface area contributed by atoms with E-state index in [-0.39, 0.29) is 17.9 Å². The van der Waals surface area contributed by atoms with Crippen molar-refractivity contribution in [3.63, 3.8) is 0 Å². The van der Waals surface area contributed by atoms with Gasteiger partial charge in [0.05, 0.1) is 13.2 Å². The predicted octanol–water partition coefficient (Wildman–Crippen LogP) is 5.65. The van der Waals surface area contributed by atoms with E-state index in [4.69, 9.17) is 9.47 Å². The number of hydrogen-bond acceptors (Lipinski definition) is 3. The van der Waals surface area contributed by atoms with Crippen LogP contribution in [0.3, 0.4) is 0 Å². The number of para-hydroxylation sites is 1. The molecule has 0 saturated heterocycles. The highest BCUT2D eigenvalue weighted by atomic mass is 16.5. The monoisotopic (exact) mass is 397 g/mol. The van der Waals surface area contributed by atoms with Crippen molar-refractivity contribution in [2.24, 2.45) is 0 Å². The van der Waals surface area contributed by atoms with Crippen LogP contribution in [0.25, 0.3) is 0 Å². The minimum absolute atomic E-state index is 0.142. The summed E-state index contributed by atoms with van der Waals surface area (Å²) in [6.45, 7) is 9.62. The standard InChI is InChI=1S/C25H35NO3/c1-6-17-26(25(27)7-2)18-16-22(23-10-8-9-11-24(23)28-5)20-12-14-21(15-13-20)29-19(3)4/h8-15,19,22H,6-7,16-18H2,1-5H3. The van der Waals surface area contributed by atoms with E-state index in [0.29, 0.717) is 6.42 Å². The van der Waals surface area contributed by atoms with Crippen molar-refractivity contribution < 1.29 is 14.3 Å². The molecule has 1 amide bonds. The third-order valence-corrected chi connectivity index (χ3v) is 5.00. The molecule has 0 aromatic heterocycles. The van der Waals surface area contributed by atoms with Crippen LogP contribution in [0.5, 0.6) is 11.5 Å². The van der Waals surface area contributed by atoms with Crippen LogP contribution in [-0.2, 0) is 4.79 Å². The highest BCUT2D eigenvalue weighted by Gasteiger charge is 2.21. The van der Waals surface area contributed by atoms with Crippen LogP contribution in [0.2, 0.25) is 0 Å². The highest BCUT2D eigenvalue weighted by molar-refractivity contribution is 5.75. The molecule has 0 saturated carbocycles. The maximum absolute atomic E-state index is 12.3. The van der Waals surface area contributed by atoms with Gasteiger partial charge in [-0.15, -0.1) is 0 Å². The molecular formula is C25H35NO3. The van der Waals surface area contributed by atoms with Crippen LogP contribution in [0, 0.1) is 0 Å². The number of nitrogens with zero attached hydrogens (tertiary/aromatic N) is 1. The summed E-state index contributed by atoms with van der Waals surface area (Å²) in [6.07, 6.45) is 2.50. The van der Waals surface area contributed by atoms with Gasteiger partial charge in [-0.05, 0) is 50.5 Å². The maximum Gasteiger partial charge on any atom is 0.222 e. The number of amides is 1. The lowest BCUT2D eigenvalue weighted by Gasteiger charge is -2.26. The van der Waals surface area contributed by atoms with E-state index in [1.165, 1.54) is 5.56 Å². The number of methoxy groups -OCH3 is 1. The van der Waals surface area contributed by atoms with Gasteiger partial charge in [-0.3, -0.25) is 4.79 Å². The molecule has 158 valence electrons. The fourth-order valence-corrected chi connectivity index (χ4v) is 3.65. The summed E-state index contributed by atoms with van der Waals surface area (Å²) in [6, 6.07) is 16.5. The second-order valence-electron chi connectivity index (χ2n) is 7.55. The molecule has 2 rings (SSSR count). The first-order valence-electron chi connectivity index (χ1n) is 10.7. The number of benzene rings is 2. The van der Waals surface area contributed by atoms with E-state index in [1.807, 2.05) is 56.0 Å². The Morgan fingerprint density at radius 3 is 2.28 bits per heavy atom. The molecule has 29 heavy (non-hydrogen) atoms. The minimum atomic E-state index is 0.142. The zero-order valence-electron chi connectivity index (χ0n) is 18.5. The smallest absolute Gasteiger partial charge is 0.222 e. The van der Waals surface area contributed by atoms with Crippen molar-refractivity contribution >= 4 is 5.91 Å². The van der Waals surface area contributed by atoms with Gasteiger partial charge in [-0.2, -0.15) is 0 Å². The van der Waals surface area contributed by atoms with Crippen LogP contribution in [0.15, 0.2) is 48.5 Å². The fourth-order valence-electron chi connectivity index (χ4n) is 3.65. The lowest BCUT2D eigenvalue weighted by atomic mass is 9.87. The Kier molecular flexibility index (Phi) is 9.04. The molecular weight excluding hydrogens is 362 g/mol. The average molecular weight is 398 g/mol. The normalized spacial score (nSPS) is 11.9. The summed E-state index contributed by atoms with van der Waals surface area (Å²) in [4.78, 5) is 14.3. The predicted molar refractivity (Wildman–Crippen MR) is 119 cm³/mol. The largest absolute Gasteiger partial charge is 0.496 e. The maximum atomic E-state index is 12.3. The van der Waals surface area contributed by atoms with E-state index in [2.05, 4.69) is 25.1 Å². The first-order chi connectivity index (χ1) is 14.0. The molecule has 0 radical (unpaired) electrons. The summed E-state index contributed by atoms with van der Waals surface area (Å²) in [5.74, 6) is 2.11. The molecule has 0 aliphatic carbocycles. The lowest BCUT2D eigenvalue weighted by molar-refractivity contribution is -0.131. The molecule has 0 spiro atoms. The Bertz CT molecular complexity index is 755. The Morgan fingerprint density at radius 2 is 1.69 bits per heavy atom. The summed E-state index contributed by atoms with van der Waals surface area (Å²) < 4.78 is 11.4. The lowest BCUT2D eigenvalue weighted by Crippen LogP contribution is -2.33. The Balaban J connectivity index is 2.32. The first kappa shape index (κ1) is 22.8. The molecule has 0 fully saturated rings. The summed E-state index contributed by atoms with van der Waals surface area (Å²) in [7, 11) is 1.71. The quantitative estimate of drug-likeness (QED) is 0.491. The SMILES string of the molecule is CCCN(CCC(c1ccc(OC(C)C)cc1)c1ccccc1OC)C(=O)CC. The Hall–Kier alpha value is -2.49. The zero-order chi connectivity index (χ0) is 21.2. The van der Waals surface area contributed by atoms with Gasteiger partial charge >= 0.3 is 0 Å². The van der Waals surface area contributed by atoms with Gasteiger partial charge in [0.2, 0.25) is 5.91 Å². The molecule has 2 aromatic rings. The van der Waals surface area contributed by atoms with Crippen molar-refractivity contribution in [1.82, 2.24) is 4.90 Å². The van der Waals surface area contributed by atoms with Crippen LogP contribution in [-0.4, -0.2) is 37.1 Å². The van der Waals surface area contributed by atoms with E-state index >= 15 is 0 Å². The molecule has 4 nitrogen and oxygen atoms in total. The number of ether oxygens (including phenoxy) is 2. The molecule has 1 unspecified atom stereocenters. The molecule has 0 aliphatic rings. The highest BCUT2D eigenvalue weighted by Crippen LogP contribution is 2.35. The van der Waals surface area contributed by atoms with Crippen LogP contribution < -0.4 is 9.47 Å². The van der Waals surface area contributed by atoms with Crippen LogP contribution in [0.4, 0.5) is 0 Å². The number of hydrogen-bond donors (Lipinski definition) is 0. The van der Waals surface area contributed by atoms with E-state index in [0.717, 1.165) is 43.0 Å². The minimum Gasteiger partial charge on any atom is -0.496 e. The summed E-state index contributed by atoms with van der Waals surface area (Å²) in [5.41, 5.74) is 2.35. The molecule has 0 bridgehead atoms. The van der Waals surface area contributed by atoms with Crippen molar-refractivity contribution in [3.8, 4) is 11.5 Å². The third-order valence-electron chi connectivity index (χ3n) is 5.00. The summed E-state index contributed by atoms with van der Waals surface area (Å²) >= 11 is 0. The number of carbonyl (C=O) groups is 1. The second-order valence-corrected chi connectivity index (χ2v) is 7.55. The molecule has 4 heteroatoms. The molecule has 0 aliphatic heterocycles. The van der Waals surface area contributed by atoms with Gasteiger partial charge in [0, 0.05) is 31.0 Å². The molecule has 0 N–H and O–H groups in total.